The average molecular weight is 535 g/mol. The molecule has 0 radical (unpaired) electrons. The van der Waals surface area contributed by atoms with E-state index >= 15 is 0 Å². The Morgan fingerprint density at radius 1 is 0.872 bits per heavy atom. The monoisotopic (exact) mass is 534 g/mol. The third-order valence-electron chi connectivity index (χ3n) is 7.50. The number of hydrogen-bond donors (Lipinski definition) is 5. The van der Waals surface area contributed by atoms with Crippen LogP contribution in [-0.2, 0) is 14.2 Å². The Kier molecular flexibility index (Phi) is 6.05. The molecule has 5 atom stereocenters. The summed E-state index contributed by atoms with van der Waals surface area (Å²) in [4.78, 5) is 30.1. The second-order valence-electron chi connectivity index (χ2n) is 9.48. The molecule has 1 fully saturated rings. The number of hydrogen-bond acceptors (Lipinski definition) is 9. The zero-order valence-electron chi connectivity index (χ0n) is 21.0. The number of H-pyrrole nitrogens is 1. The van der Waals surface area contributed by atoms with Gasteiger partial charge in [0, 0.05) is 27.1 Å². The van der Waals surface area contributed by atoms with E-state index in [1.165, 1.54) is 14.2 Å². The molecular weight excluding hydrogens is 508 g/mol. The van der Waals surface area contributed by atoms with Crippen molar-refractivity contribution in [2.75, 3.05) is 20.8 Å². The first-order valence-electron chi connectivity index (χ1n) is 12.3. The third kappa shape index (κ3) is 3.48. The topological polar surface area (TPSA) is 163 Å². The van der Waals surface area contributed by atoms with Gasteiger partial charge in [-0.25, -0.2) is 9.59 Å². The maximum atomic E-state index is 13.4. The lowest BCUT2D eigenvalue weighted by Gasteiger charge is -2.41. The van der Waals surface area contributed by atoms with Gasteiger partial charge in [-0.1, -0.05) is 36.4 Å². The number of rotatable bonds is 4. The van der Waals surface area contributed by atoms with Gasteiger partial charge in [0.1, 0.15) is 24.4 Å². The number of methoxy groups -OCH3 is 2. The number of nitrogens with one attached hydrogen (secondary N) is 1. The number of aromatic amines is 1. The second kappa shape index (κ2) is 9.33. The van der Waals surface area contributed by atoms with E-state index in [2.05, 4.69) is 4.98 Å². The number of nitrogens with zero attached hydrogens (tertiary/aromatic N) is 1. The SMILES string of the molecule is COC(=O)c1c(C(=O)OC)c2c3ccccc3n([C@@H]3O[C@H](CO)[C@@H](O)[C@H](O)[C@H]3O)c2c2[nH]c3ccccc3c12. The summed E-state index contributed by atoms with van der Waals surface area (Å²) in [7, 11) is 2.44. The van der Waals surface area contributed by atoms with E-state index in [4.69, 9.17) is 14.2 Å². The van der Waals surface area contributed by atoms with Gasteiger partial charge < -0.3 is 44.2 Å². The number of para-hydroxylation sites is 2. The summed E-state index contributed by atoms with van der Waals surface area (Å²) in [5.74, 6) is -1.51. The first-order chi connectivity index (χ1) is 18.8. The summed E-state index contributed by atoms with van der Waals surface area (Å²) in [6.07, 6.45) is -7.25. The van der Waals surface area contributed by atoms with Crippen LogP contribution < -0.4 is 0 Å². The van der Waals surface area contributed by atoms with Crippen molar-refractivity contribution < 1.29 is 44.2 Å². The van der Waals surface area contributed by atoms with E-state index in [0.717, 1.165) is 0 Å². The molecule has 1 aliphatic rings. The van der Waals surface area contributed by atoms with Gasteiger partial charge in [-0.2, -0.15) is 0 Å². The number of aromatic nitrogens is 2. The molecule has 1 aliphatic heterocycles. The van der Waals surface area contributed by atoms with Crippen molar-refractivity contribution in [3.8, 4) is 0 Å². The highest BCUT2D eigenvalue weighted by Gasteiger charge is 2.45. The number of aliphatic hydroxyl groups excluding tert-OH is 4. The van der Waals surface area contributed by atoms with Crippen LogP contribution >= 0.6 is 0 Å². The number of ether oxygens (including phenoxy) is 3. The van der Waals surface area contributed by atoms with Gasteiger partial charge in [0.15, 0.2) is 6.23 Å². The van der Waals surface area contributed by atoms with Crippen molar-refractivity contribution in [1.82, 2.24) is 9.55 Å². The molecule has 0 aliphatic carbocycles. The largest absolute Gasteiger partial charge is 0.465 e. The number of esters is 2. The van der Waals surface area contributed by atoms with Crippen molar-refractivity contribution in [2.45, 2.75) is 30.6 Å². The molecule has 3 aromatic carbocycles. The molecule has 5 N–H and O–H groups in total. The van der Waals surface area contributed by atoms with Gasteiger partial charge in [-0.15, -0.1) is 0 Å². The normalized spacial score (nSPS) is 23.6. The molecule has 0 spiro atoms. The van der Waals surface area contributed by atoms with Crippen LogP contribution in [-0.4, -0.2) is 87.2 Å². The maximum absolute atomic E-state index is 13.4. The molecular formula is C28H26N2O9. The summed E-state index contributed by atoms with van der Waals surface area (Å²) in [5.41, 5.74) is 2.00. The van der Waals surface area contributed by atoms with Gasteiger partial charge in [0.2, 0.25) is 0 Å². The molecule has 0 saturated carbocycles. The molecule has 11 heteroatoms. The zero-order valence-corrected chi connectivity index (χ0v) is 21.0. The molecule has 6 rings (SSSR count). The van der Waals surface area contributed by atoms with Crippen LogP contribution in [0.1, 0.15) is 26.9 Å². The molecule has 0 amide bonds. The third-order valence-corrected chi connectivity index (χ3v) is 7.50. The van der Waals surface area contributed by atoms with Crippen LogP contribution in [0.5, 0.6) is 0 Å². The van der Waals surface area contributed by atoms with Crippen molar-refractivity contribution in [1.29, 1.82) is 0 Å². The van der Waals surface area contributed by atoms with Crippen LogP contribution in [0.3, 0.4) is 0 Å². The fraction of sp³-hybridized carbons (Fsp3) is 0.286. The molecule has 5 aromatic rings. The summed E-state index contributed by atoms with van der Waals surface area (Å²) in [5, 5.41) is 43.9. The molecule has 202 valence electrons. The van der Waals surface area contributed by atoms with Gasteiger partial charge >= 0.3 is 11.9 Å². The number of carbonyl (C=O) groups excluding carboxylic acids is 2. The lowest BCUT2D eigenvalue weighted by atomic mass is 9.95. The second-order valence-corrected chi connectivity index (χ2v) is 9.48. The summed E-state index contributed by atoms with van der Waals surface area (Å²) >= 11 is 0. The predicted octanol–water partition coefficient (Wildman–Crippen LogP) is 1.97. The highest BCUT2D eigenvalue weighted by molar-refractivity contribution is 6.33. The van der Waals surface area contributed by atoms with E-state index < -0.39 is 49.2 Å². The van der Waals surface area contributed by atoms with Crippen molar-refractivity contribution in [2.24, 2.45) is 0 Å². The molecule has 2 aromatic heterocycles. The fourth-order valence-electron chi connectivity index (χ4n) is 5.76. The Labute approximate surface area is 220 Å². The lowest BCUT2D eigenvalue weighted by molar-refractivity contribution is -0.249. The van der Waals surface area contributed by atoms with Crippen LogP contribution in [0, 0.1) is 0 Å². The summed E-state index contributed by atoms with van der Waals surface area (Å²) < 4.78 is 17.9. The molecule has 11 nitrogen and oxygen atoms in total. The Morgan fingerprint density at radius 3 is 2.15 bits per heavy atom. The van der Waals surface area contributed by atoms with Crippen molar-refractivity contribution >= 4 is 55.6 Å². The van der Waals surface area contributed by atoms with Crippen molar-refractivity contribution in [3.05, 3.63) is 59.7 Å². The molecule has 0 unspecified atom stereocenters. The quantitative estimate of drug-likeness (QED) is 0.217. The van der Waals surface area contributed by atoms with Gasteiger partial charge in [0.25, 0.3) is 0 Å². The number of fused-ring (bicyclic) bond motifs is 7. The Morgan fingerprint density at radius 2 is 1.49 bits per heavy atom. The van der Waals surface area contributed by atoms with Gasteiger partial charge in [0.05, 0.1) is 48.5 Å². The minimum atomic E-state index is -1.63. The standard InChI is InChI=1S/C28H26N2O9/c1-37-27(35)19-17-12-7-3-5-9-14(12)29-21(17)22-18(20(19)28(36)38-2)13-8-4-6-10-15(13)30(22)26-25(34)24(33)23(32)16(11-31)39-26/h3-10,16,23-26,29,31-34H,11H2,1-2H3/t16-,23-,24+,25-,26-/m1/s1. The highest BCUT2D eigenvalue weighted by atomic mass is 16.6. The minimum Gasteiger partial charge on any atom is -0.465 e. The molecule has 1 saturated heterocycles. The Bertz CT molecular complexity index is 1770. The van der Waals surface area contributed by atoms with E-state index in [1.807, 2.05) is 12.1 Å². The summed E-state index contributed by atoms with van der Waals surface area (Å²) in [6.45, 7) is -0.611. The number of carbonyl (C=O) groups is 2. The summed E-state index contributed by atoms with van der Waals surface area (Å²) in [6, 6.07) is 14.2. The van der Waals surface area contributed by atoms with E-state index in [-0.39, 0.29) is 11.1 Å². The zero-order chi connectivity index (χ0) is 27.6. The predicted molar refractivity (Wildman–Crippen MR) is 141 cm³/mol. The average Bonchev–Trinajstić information content (AvgIpc) is 3.51. The highest BCUT2D eigenvalue weighted by Crippen LogP contribution is 2.45. The molecule has 39 heavy (non-hydrogen) atoms. The molecule has 0 bridgehead atoms. The van der Waals surface area contributed by atoms with Gasteiger partial charge in [-0.05, 0) is 12.1 Å². The fourth-order valence-corrected chi connectivity index (χ4v) is 5.76. The first-order valence-corrected chi connectivity index (χ1v) is 12.3. The lowest BCUT2D eigenvalue weighted by Crippen LogP contribution is -2.56. The minimum absolute atomic E-state index is 0.0148. The first kappa shape index (κ1) is 25.3. The van der Waals surface area contributed by atoms with Crippen LogP contribution in [0.4, 0.5) is 0 Å². The van der Waals surface area contributed by atoms with Crippen LogP contribution in [0.15, 0.2) is 48.5 Å². The van der Waals surface area contributed by atoms with Crippen molar-refractivity contribution in [3.63, 3.8) is 0 Å². The Hall–Kier alpha value is -4.00. The number of benzene rings is 3. The van der Waals surface area contributed by atoms with E-state index in [1.54, 1.807) is 41.0 Å². The smallest absolute Gasteiger partial charge is 0.339 e. The van der Waals surface area contributed by atoms with Crippen LogP contribution in [0.2, 0.25) is 0 Å². The molecule has 3 heterocycles. The Balaban J connectivity index is 1.87. The number of aliphatic hydroxyl groups is 4. The maximum Gasteiger partial charge on any atom is 0.339 e. The van der Waals surface area contributed by atoms with Gasteiger partial charge in [-0.3, -0.25) is 0 Å². The van der Waals surface area contributed by atoms with Crippen LogP contribution in [0.25, 0.3) is 43.6 Å². The van der Waals surface area contributed by atoms with E-state index in [0.29, 0.717) is 43.6 Å². The van der Waals surface area contributed by atoms with E-state index in [9.17, 15) is 30.0 Å².